The lowest BCUT2D eigenvalue weighted by Gasteiger charge is -2.19. The molecule has 1 aliphatic heterocycles. The van der Waals surface area contributed by atoms with E-state index in [2.05, 4.69) is 27.7 Å². The Kier molecular flexibility index (Phi) is 5.20. The van der Waals surface area contributed by atoms with Crippen molar-refractivity contribution in [1.82, 2.24) is 10.6 Å². The summed E-state index contributed by atoms with van der Waals surface area (Å²) in [6.45, 7) is 5.75. The van der Waals surface area contributed by atoms with E-state index >= 15 is 0 Å². The van der Waals surface area contributed by atoms with Crippen LogP contribution in [0.1, 0.15) is 20.3 Å². The minimum Gasteiger partial charge on any atom is -0.371 e. The average Bonchev–Trinajstić information content (AvgIpc) is 2.94. The predicted octanol–water partition coefficient (Wildman–Crippen LogP) is 1.15. The van der Waals surface area contributed by atoms with Gasteiger partial charge in [-0.05, 0) is 31.4 Å². The van der Waals surface area contributed by atoms with Gasteiger partial charge in [-0.15, -0.1) is 0 Å². The van der Waals surface area contributed by atoms with Crippen LogP contribution < -0.4 is 15.5 Å². The van der Waals surface area contributed by atoms with Gasteiger partial charge in [-0.2, -0.15) is 0 Å². The number of benzene rings is 1. The maximum absolute atomic E-state index is 11.8. The molecule has 2 N–H and O–H groups in total. The maximum Gasteiger partial charge on any atom is 0.242 e. The summed E-state index contributed by atoms with van der Waals surface area (Å²) in [5.41, 5.74) is 1.23. The Hall–Kier alpha value is -2.04. The maximum atomic E-state index is 11.8. The van der Waals surface area contributed by atoms with Crippen LogP contribution in [0.2, 0.25) is 0 Å². The van der Waals surface area contributed by atoms with Crippen LogP contribution in [-0.2, 0) is 9.59 Å². The number of amides is 2. The number of rotatable bonds is 5. The van der Waals surface area contributed by atoms with Crippen LogP contribution in [0.15, 0.2) is 30.3 Å². The number of carbonyl (C=O) groups excluding carboxylic acids is 2. The monoisotopic (exact) mass is 289 g/mol. The van der Waals surface area contributed by atoms with Gasteiger partial charge in [0.15, 0.2) is 0 Å². The number of hydrogen-bond donors (Lipinski definition) is 2. The summed E-state index contributed by atoms with van der Waals surface area (Å²) in [6.07, 6.45) is 1.07. The molecule has 114 valence electrons. The van der Waals surface area contributed by atoms with Crippen molar-refractivity contribution in [3.63, 3.8) is 0 Å². The zero-order valence-electron chi connectivity index (χ0n) is 12.6. The molecular formula is C16H23N3O2. The molecule has 5 nitrogen and oxygen atoms in total. The number of hydrogen-bond acceptors (Lipinski definition) is 3. The first-order valence-corrected chi connectivity index (χ1v) is 7.41. The normalized spacial score (nSPS) is 19.1. The SMILES string of the molecule is CC(=O)NC(C)C(=O)NCC1CCN(c2ccccc2)C1. The first-order chi connectivity index (χ1) is 10.1. The second-order valence-corrected chi connectivity index (χ2v) is 5.60. The molecule has 2 unspecified atom stereocenters. The highest BCUT2D eigenvalue weighted by Gasteiger charge is 2.23. The van der Waals surface area contributed by atoms with Gasteiger partial charge in [0, 0.05) is 32.2 Å². The molecule has 1 heterocycles. The molecule has 0 bridgehead atoms. The fraction of sp³-hybridized carbons (Fsp3) is 0.500. The quantitative estimate of drug-likeness (QED) is 0.855. The van der Waals surface area contributed by atoms with E-state index in [0.717, 1.165) is 19.5 Å². The summed E-state index contributed by atoms with van der Waals surface area (Å²) >= 11 is 0. The van der Waals surface area contributed by atoms with Crippen molar-refractivity contribution in [2.45, 2.75) is 26.3 Å². The van der Waals surface area contributed by atoms with Gasteiger partial charge in [-0.3, -0.25) is 9.59 Å². The van der Waals surface area contributed by atoms with Crippen LogP contribution in [-0.4, -0.2) is 37.5 Å². The van der Waals surface area contributed by atoms with Gasteiger partial charge in [0.2, 0.25) is 11.8 Å². The fourth-order valence-corrected chi connectivity index (χ4v) is 2.64. The number of nitrogens with zero attached hydrogens (tertiary/aromatic N) is 1. The molecule has 2 rings (SSSR count). The molecule has 0 aliphatic carbocycles. The van der Waals surface area contributed by atoms with E-state index in [9.17, 15) is 9.59 Å². The summed E-state index contributed by atoms with van der Waals surface area (Å²) in [5, 5.41) is 5.51. The highest BCUT2D eigenvalue weighted by atomic mass is 16.2. The van der Waals surface area contributed by atoms with Crippen LogP contribution in [0, 0.1) is 5.92 Å². The lowest BCUT2D eigenvalue weighted by Crippen LogP contribution is -2.45. The molecule has 2 atom stereocenters. The first-order valence-electron chi connectivity index (χ1n) is 7.41. The Morgan fingerprint density at radius 1 is 1.33 bits per heavy atom. The van der Waals surface area contributed by atoms with Crippen LogP contribution in [0.25, 0.3) is 0 Å². The highest BCUT2D eigenvalue weighted by molar-refractivity contribution is 5.86. The molecule has 1 aromatic rings. The second-order valence-electron chi connectivity index (χ2n) is 5.60. The van der Waals surface area contributed by atoms with Gasteiger partial charge in [0.25, 0.3) is 0 Å². The largest absolute Gasteiger partial charge is 0.371 e. The number of carbonyl (C=O) groups is 2. The lowest BCUT2D eigenvalue weighted by molar-refractivity contribution is -0.127. The van der Waals surface area contributed by atoms with Crippen molar-refractivity contribution in [1.29, 1.82) is 0 Å². The zero-order chi connectivity index (χ0) is 15.2. The van der Waals surface area contributed by atoms with E-state index in [4.69, 9.17) is 0 Å². The highest BCUT2D eigenvalue weighted by Crippen LogP contribution is 2.22. The third kappa shape index (κ3) is 4.48. The minimum atomic E-state index is -0.478. The number of para-hydroxylation sites is 1. The van der Waals surface area contributed by atoms with Gasteiger partial charge >= 0.3 is 0 Å². The van der Waals surface area contributed by atoms with Crippen molar-refractivity contribution in [3.05, 3.63) is 30.3 Å². The van der Waals surface area contributed by atoms with Crippen LogP contribution in [0.3, 0.4) is 0 Å². The Bertz CT molecular complexity index is 490. The van der Waals surface area contributed by atoms with Crippen LogP contribution in [0.4, 0.5) is 5.69 Å². The Balaban J connectivity index is 1.76. The lowest BCUT2D eigenvalue weighted by atomic mass is 10.1. The molecule has 1 saturated heterocycles. The molecule has 1 fully saturated rings. The molecule has 1 aliphatic rings. The van der Waals surface area contributed by atoms with Crippen molar-refractivity contribution in [2.24, 2.45) is 5.92 Å². The van der Waals surface area contributed by atoms with Crippen molar-refractivity contribution >= 4 is 17.5 Å². The average molecular weight is 289 g/mol. The molecule has 5 heteroatoms. The molecule has 2 amide bonds. The molecule has 21 heavy (non-hydrogen) atoms. The van der Waals surface area contributed by atoms with Gasteiger partial charge < -0.3 is 15.5 Å². The number of anilines is 1. The third-order valence-electron chi connectivity index (χ3n) is 3.79. The summed E-state index contributed by atoms with van der Waals surface area (Å²) in [6, 6.07) is 9.84. The van der Waals surface area contributed by atoms with Gasteiger partial charge in [-0.25, -0.2) is 0 Å². The third-order valence-corrected chi connectivity index (χ3v) is 3.79. The summed E-state index contributed by atoms with van der Waals surface area (Å²) in [7, 11) is 0. The zero-order valence-corrected chi connectivity index (χ0v) is 12.6. The topological polar surface area (TPSA) is 61.4 Å². The predicted molar refractivity (Wildman–Crippen MR) is 83.1 cm³/mol. The molecule has 0 spiro atoms. The van der Waals surface area contributed by atoms with Gasteiger partial charge in [0.05, 0.1) is 0 Å². The number of nitrogens with one attached hydrogen (secondary N) is 2. The van der Waals surface area contributed by atoms with Crippen molar-refractivity contribution < 1.29 is 9.59 Å². The van der Waals surface area contributed by atoms with Crippen LogP contribution >= 0.6 is 0 Å². The standard InChI is InChI=1S/C16H23N3O2/c1-12(18-13(2)20)16(21)17-10-14-8-9-19(11-14)15-6-4-3-5-7-15/h3-7,12,14H,8-11H2,1-2H3,(H,17,21)(H,18,20). The van der Waals surface area contributed by atoms with Crippen LogP contribution in [0.5, 0.6) is 0 Å². The van der Waals surface area contributed by atoms with E-state index in [1.54, 1.807) is 6.92 Å². The molecular weight excluding hydrogens is 266 g/mol. The van der Waals surface area contributed by atoms with Crippen molar-refractivity contribution in [2.75, 3.05) is 24.5 Å². The molecule has 0 radical (unpaired) electrons. The molecule has 0 aromatic heterocycles. The minimum absolute atomic E-state index is 0.122. The van der Waals surface area contributed by atoms with E-state index in [1.165, 1.54) is 12.6 Å². The first kappa shape index (κ1) is 15.4. The van der Waals surface area contributed by atoms with E-state index in [1.807, 2.05) is 18.2 Å². The fourth-order valence-electron chi connectivity index (χ4n) is 2.64. The summed E-state index contributed by atoms with van der Waals surface area (Å²) in [5.74, 6) is 0.149. The Morgan fingerprint density at radius 2 is 2.05 bits per heavy atom. The van der Waals surface area contributed by atoms with Gasteiger partial charge in [0.1, 0.15) is 6.04 Å². The Morgan fingerprint density at radius 3 is 2.71 bits per heavy atom. The Labute approximate surface area is 125 Å². The van der Waals surface area contributed by atoms with E-state index < -0.39 is 6.04 Å². The van der Waals surface area contributed by atoms with Gasteiger partial charge in [-0.1, -0.05) is 18.2 Å². The summed E-state index contributed by atoms with van der Waals surface area (Å²) in [4.78, 5) is 25.1. The molecule has 0 saturated carbocycles. The summed E-state index contributed by atoms with van der Waals surface area (Å²) < 4.78 is 0. The van der Waals surface area contributed by atoms with E-state index in [-0.39, 0.29) is 11.8 Å². The second kappa shape index (κ2) is 7.11. The van der Waals surface area contributed by atoms with E-state index in [0.29, 0.717) is 12.5 Å². The van der Waals surface area contributed by atoms with Crippen molar-refractivity contribution in [3.8, 4) is 0 Å². The molecule has 1 aromatic carbocycles. The smallest absolute Gasteiger partial charge is 0.242 e.